The van der Waals surface area contributed by atoms with Crippen molar-refractivity contribution in [3.05, 3.63) is 84.7 Å². The second kappa shape index (κ2) is 9.69. The predicted molar refractivity (Wildman–Crippen MR) is 129 cm³/mol. The van der Waals surface area contributed by atoms with Gasteiger partial charge in [0.05, 0.1) is 0 Å². The summed E-state index contributed by atoms with van der Waals surface area (Å²) in [6, 6.07) is 25.5. The first-order valence-electron chi connectivity index (χ1n) is 11.4. The highest BCUT2D eigenvalue weighted by Crippen LogP contribution is 2.29. The van der Waals surface area contributed by atoms with Crippen molar-refractivity contribution >= 4 is 11.6 Å². The second-order valence-corrected chi connectivity index (χ2v) is 8.18. The zero-order chi connectivity index (χ0) is 22.5. The quantitative estimate of drug-likeness (QED) is 0.440. The Labute approximate surface area is 193 Å². The smallest absolute Gasteiger partial charge is 0.262 e. The molecule has 0 radical (unpaired) electrons. The lowest BCUT2D eigenvalue weighted by molar-refractivity contribution is -0.118. The van der Waals surface area contributed by atoms with E-state index in [0.717, 1.165) is 53.4 Å². The van der Waals surface area contributed by atoms with E-state index in [2.05, 4.69) is 20.1 Å². The number of para-hydroxylation sites is 1. The summed E-state index contributed by atoms with van der Waals surface area (Å²) in [4.78, 5) is 12.5. The monoisotopic (exact) mass is 438 g/mol. The molecule has 33 heavy (non-hydrogen) atoms. The van der Waals surface area contributed by atoms with Crippen LogP contribution in [0, 0.1) is 0 Å². The van der Waals surface area contributed by atoms with E-state index in [1.165, 1.54) is 12.8 Å². The maximum atomic E-state index is 12.5. The van der Waals surface area contributed by atoms with Crippen LogP contribution in [0.25, 0.3) is 22.5 Å². The fourth-order valence-corrected chi connectivity index (χ4v) is 4.19. The van der Waals surface area contributed by atoms with E-state index >= 15 is 0 Å². The Morgan fingerprint density at radius 3 is 2.48 bits per heavy atom. The van der Waals surface area contributed by atoms with E-state index in [4.69, 9.17) is 4.74 Å². The van der Waals surface area contributed by atoms with Crippen LogP contribution in [0.4, 0.5) is 5.69 Å². The number of carbonyl (C=O) groups excluding carboxylic acids is 1. The molecular weight excluding hydrogens is 412 g/mol. The van der Waals surface area contributed by atoms with Crippen LogP contribution in [0.5, 0.6) is 5.75 Å². The average Bonchev–Trinajstić information content (AvgIpc) is 3.12. The van der Waals surface area contributed by atoms with Crippen LogP contribution in [0.15, 0.2) is 78.9 Å². The maximum absolute atomic E-state index is 12.5. The van der Waals surface area contributed by atoms with Gasteiger partial charge in [-0.05, 0) is 48.7 Å². The number of hydrogen-bond acceptors (Lipinski definition) is 4. The van der Waals surface area contributed by atoms with Crippen LogP contribution < -0.4 is 10.1 Å². The zero-order valence-corrected chi connectivity index (χ0v) is 18.4. The number of benzene rings is 3. The highest BCUT2D eigenvalue weighted by Gasteiger charge is 2.16. The minimum absolute atomic E-state index is 0.0662. The van der Waals surface area contributed by atoms with E-state index in [9.17, 15) is 4.79 Å². The summed E-state index contributed by atoms with van der Waals surface area (Å²) in [7, 11) is 0. The lowest BCUT2D eigenvalue weighted by atomic mass is 10.1. The molecule has 0 unspecified atom stereocenters. The number of rotatable bonds is 6. The Hall–Kier alpha value is -3.93. The number of ether oxygens (including phenoxy) is 1. The van der Waals surface area contributed by atoms with Gasteiger partial charge in [0, 0.05) is 29.8 Å². The first kappa shape index (κ1) is 20.9. The Balaban J connectivity index is 1.23. The van der Waals surface area contributed by atoms with Gasteiger partial charge < -0.3 is 14.6 Å². The van der Waals surface area contributed by atoms with Gasteiger partial charge in [-0.2, -0.15) is 0 Å². The molecule has 0 saturated carbocycles. The molecule has 1 aliphatic rings. The molecule has 2 heterocycles. The van der Waals surface area contributed by atoms with Gasteiger partial charge in [-0.25, -0.2) is 0 Å². The lowest BCUT2D eigenvalue weighted by Crippen LogP contribution is -2.20. The number of nitrogens with zero attached hydrogens (tertiary/aromatic N) is 3. The number of carbonyl (C=O) groups is 1. The van der Waals surface area contributed by atoms with Gasteiger partial charge in [-0.15, -0.1) is 10.2 Å². The van der Waals surface area contributed by atoms with Gasteiger partial charge in [0.1, 0.15) is 11.6 Å². The number of aromatic nitrogens is 3. The van der Waals surface area contributed by atoms with Crippen molar-refractivity contribution < 1.29 is 9.53 Å². The minimum Gasteiger partial charge on any atom is -0.483 e. The van der Waals surface area contributed by atoms with Crippen molar-refractivity contribution in [3.8, 4) is 28.3 Å². The van der Waals surface area contributed by atoms with Crippen molar-refractivity contribution in [1.82, 2.24) is 14.8 Å². The Morgan fingerprint density at radius 1 is 0.848 bits per heavy atom. The van der Waals surface area contributed by atoms with Crippen LogP contribution in [0.1, 0.15) is 25.1 Å². The van der Waals surface area contributed by atoms with Gasteiger partial charge in [0.25, 0.3) is 5.91 Å². The van der Waals surface area contributed by atoms with Gasteiger partial charge >= 0.3 is 0 Å². The van der Waals surface area contributed by atoms with Crippen LogP contribution >= 0.6 is 0 Å². The molecule has 0 saturated heterocycles. The van der Waals surface area contributed by atoms with Gasteiger partial charge in [-0.1, -0.05) is 55.0 Å². The van der Waals surface area contributed by atoms with Crippen LogP contribution in [-0.4, -0.2) is 27.3 Å². The summed E-state index contributed by atoms with van der Waals surface area (Å²) in [6.45, 7) is 0.890. The summed E-state index contributed by atoms with van der Waals surface area (Å²) < 4.78 is 8.07. The molecule has 166 valence electrons. The number of hydrogen-bond donors (Lipinski definition) is 1. The highest BCUT2D eigenvalue weighted by molar-refractivity contribution is 5.92. The van der Waals surface area contributed by atoms with Crippen molar-refractivity contribution in [2.75, 3.05) is 11.9 Å². The van der Waals surface area contributed by atoms with Crippen molar-refractivity contribution in [3.63, 3.8) is 0 Å². The third-order valence-electron chi connectivity index (χ3n) is 5.87. The largest absolute Gasteiger partial charge is 0.483 e. The lowest BCUT2D eigenvalue weighted by Gasteiger charge is -2.12. The number of anilines is 1. The van der Waals surface area contributed by atoms with Crippen LogP contribution in [0.3, 0.4) is 0 Å². The van der Waals surface area contributed by atoms with Gasteiger partial charge in [-0.3, -0.25) is 4.79 Å². The van der Waals surface area contributed by atoms with E-state index in [1.807, 2.05) is 78.9 Å². The van der Waals surface area contributed by atoms with E-state index in [-0.39, 0.29) is 12.5 Å². The van der Waals surface area contributed by atoms with Crippen molar-refractivity contribution in [1.29, 1.82) is 0 Å². The molecule has 1 aliphatic heterocycles. The third-order valence-corrected chi connectivity index (χ3v) is 5.87. The standard InChI is InChI=1S/C27H26N4O2/c32-26(19-33-24-12-7-6-11-23(24)20-9-3-1-4-10-20)28-22-16-14-21(15-17-22)27-30-29-25-13-5-2-8-18-31(25)27/h1,3-4,6-7,9-12,14-17H,2,5,8,13,18-19H2,(H,28,32). The van der Waals surface area contributed by atoms with Crippen molar-refractivity contribution in [2.24, 2.45) is 0 Å². The molecular formula is C27H26N4O2. The fourth-order valence-electron chi connectivity index (χ4n) is 4.19. The predicted octanol–water partition coefficient (Wildman–Crippen LogP) is 5.36. The molecule has 1 aromatic heterocycles. The van der Waals surface area contributed by atoms with E-state index in [1.54, 1.807) is 0 Å². The molecule has 0 bridgehead atoms. The van der Waals surface area contributed by atoms with Gasteiger partial charge in [0.2, 0.25) is 0 Å². The second-order valence-electron chi connectivity index (χ2n) is 8.18. The SMILES string of the molecule is O=C(COc1ccccc1-c1ccccc1)Nc1ccc(-c2nnc3n2CCCCC3)cc1. The summed E-state index contributed by atoms with van der Waals surface area (Å²) in [5, 5.41) is 11.7. The normalized spacial score (nSPS) is 13.1. The molecule has 3 aromatic carbocycles. The Bertz CT molecular complexity index is 1230. The molecule has 4 aromatic rings. The van der Waals surface area contributed by atoms with Gasteiger partial charge in [0.15, 0.2) is 12.4 Å². The number of fused-ring (bicyclic) bond motifs is 1. The van der Waals surface area contributed by atoms with Crippen molar-refractivity contribution in [2.45, 2.75) is 32.2 Å². The molecule has 5 rings (SSSR count). The first-order valence-corrected chi connectivity index (χ1v) is 11.4. The third kappa shape index (κ3) is 4.80. The molecule has 0 atom stereocenters. The number of aryl methyl sites for hydroxylation is 1. The fraction of sp³-hybridized carbons (Fsp3) is 0.222. The summed E-state index contributed by atoms with van der Waals surface area (Å²) in [5.41, 5.74) is 3.74. The summed E-state index contributed by atoms with van der Waals surface area (Å²) >= 11 is 0. The summed E-state index contributed by atoms with van der Waals surface area (Å²) in [6.07, 6.45) is 4.53. The molecule has 6 nitrogen and oxygen atoms in total. The first-order chi connectivity index (χ1) is 16.3. The molecule has 6 heteroatoms. The average molecular weight is 439 g/mol. The molecule has 0 spiro atoms. The Morgan fingerprint density at radius 2 is 1.64 bits per heavy atom. The topological polar surface area (TPSA) is 69.0 Å². The zero-order valence-electron chi connectivity index (χ0n) is 18.4. The van der Waals surface area contributed by atoms with Crippen LogP contribution in [0.2, 0.25) is 0 Å². The molecule has 0 aliphatic carbocycles. The summed E-state index contributed by atoms with van der Waals surface area (Å²) in [5.74, 6) is 2.43. The minimum atomic E-state index is -0.207. The highest BCUT2D eigenvalue weighted by atomic mass is 16.5. The maximum Gasteiger partial charge on any atom is 0.262 e. The number of nitrogens with one attached hydrogen (secondary N) is 1. The molecule has 1 amide bonds. The van der Waals surface area contributed by atoms with E-state index < -0.39 is 0 Å². The molecule has 0 fully saturated rings. The van der Waals surface area contributed by atoms with E-state index in [0.29, 0.717) is 5.75 Å². The molecule has 1 N–H and O–H groups in total. The Kier molecular flexibility index (Phi) is 6.15. The number of amides is 1. The van der Waals surface area contributed by atoms with Crippen LogP contribution in [-0.2, 0) is 17.8 Å².